The van der Waals surface area contributed by atoms with Gasteiger partial charge in [-0.05, 0) is 37.1 Å². The number of benzene rings is 2. The lowest BCUT2D eigenvalue weighted by Gasteiger charge is -2.21. The predicted octanol–water partition coefficient (Wildman–Crippen LogP) is 4.87. The second-order valence-electron chi connectivity index (χ2n) is 6.79. The fraction of sp³-hybridized carbons (Fsp3) is 0.273. The first-order valence-corrected chi connectivity index (χ1v) is 12.2. The van der Waals surface area contributed by atoms with Gasteiger partial charge in [-0.3, -0.25) is 10.1 Å². The Hall–Kier alpha value is -2.55. The molecule has 3 rings (SSSR count). The van der Waals surface area contributed by atoms with E-state index < -0.39 is 10.0 Å². The number of nitrogens with zero attached hydrogens (tertiary/aromatic N) is 2. The summed E-state index contributed by atoms with van der Waals surface area (Å²) in [6.07, 6.45) is 1.54. The number of aromatic nitrogens is 1. The molecule has 1 amide bonds. The summed E-state index contributed by atoms with van der Waals surface area (Å²) in [5.74, 6) is -0.218. The molecule has 0 aliphatic carbocycles. The third kappa shape index (κ3) is 5.13. The fourth-order valence-electron chi connectivity index (χ4n) is 3.02. The van der Waals surface area contributed by atoms with Gasteiger partial charge < -0.3 is 0 Å². The summed E-state index contributed by atoms with van der Waals surface area (Å²) >= 11 is 1.33. The number of carbonyl (C=O) groups is 1. The second-order valence-corrected chi connectivity index (χ2v) is 9.58. The van der Waals surface area contributed by atoms with Gasteiger partial charge in [-0.25, -0.2) is 13.4 Å². The minimum absolute atomic E-state index is 0.218. The SMILES string of the molecule is CCCN(CCC)S(=O)(=O)c1ccc(-c2csc(NC(=O)c3ccccc3)n2)cc1. The maximum atomic E-state index is 12.9. The van der Waals surface area contributed by atoms with E-state index in [-0.39, 0.29) is 10.8 Å². The molecule has 0 saturated heterocycles. The molecule has 1 heterocycles. The highest BCUT2D eigenvalue weighted by Gasteiger charge is 2.23. The highest BCUT2D eigenvalue weighted by molar-refractivity contribution is 7.89. The Morgan fingerprint density at radius 2 is 1.63 bits per heavy atom. The molecule has 0 spiro atoms. The number of hydrogen-bond acceptors (Lipinski definition) is 5. The Bertz CT molecular complexity index is 1070. The molecule has 0 aliphatic rings. The van der Waals surface area contributed by atoms with Gasteiger partial charge in [-0.2, -0.15) is 4.31 Å². The van der Waals surface area contributed by atoms with E-state index in [0.717, 1.165) is 18.4 Å². The summed E-state index contributed by atoms with van der Waals surface area (Å²) < 4.78 is 27.3. The highest BCUT2D eigenvalue weighted by atomic mass is 32.2. The number of carbonyl (C=O) groups excluding carboxylic acids is 1. The maximum Gasteiger partial charge on any atom is 0.257 e. The molecule has 0 unspecified atom stereocenters. The van der Waals surface area contributed by atoms with E-state index in [9.17, 15) is 13.2 Å². The largest absolute Gasteiger partial charge is 0.298 e. The van der Waals surface area contributed by atoms with Crippen LogP contribution in [0.2, 0.25) is 0 Å². The zero-order valence-electron chi connectivity index (χ0n) is 17.0. The number of hydrogen-bond donors (Lipinski definition) is 1. The quantitative estimate of drug-likeness (QED) is 0.511. The fourth-order valence-corrected chi connectivity index (χ4v) is 5.36. The van der Waals surface area contributed by atoms with Crippen LogP contribution in [0.4, 0.5) is 5.13 Å². The van der Waals surface area contributed by atoms with Gasteiger partial charge in [0.05, 0.1) is 10.6 Å². The van der Waals surface area contributed by atoms with Crippen LogP contribution in [0.3, 0.4) is 0 Å². The molecule has 3 aromatic rings. The van der Waals surface area contributed by atoms with Crippen LogP contribution in [0, 0.1) is 0 Å². The van der Waals surface area contributed by atoms with E-state index in [1.165, 1.54) is 15.6 Å². The average Bonchev–Trinajstić information content (AvgIpc) is 3.22. The minimum atomic E-state index is -3.51. The molecule has 6 nitrogen and oxygen atoms in total. The lowest BCUT2D eigenvalue weighted by molar-refractivity contribution is 0.102. The Morgan fingerprint density at radius 3 is 2.23 bits per heavy atom. The molecule has 0 aliphatic heterocycles. The number of amides is 1. The third-order valence-electron chi connectivity index (χ3n) is 4.49. The zero-order valence-corrected chi connectivity index (χ0v) is 18.7. The Morgan fingerprint density at radius 1 is 1.00 bits per heavy atom. The van der Waals surface area contributed by atoms with Crippen LogP contribution in [-0.2, 0) is 10.0 Å². The van der Waals surface area contributed by atoms with Crippen LogP contribution >= 0.6 is 11.3 Å². The van der Waals surface area contributed by atoms with E-state index in [1.54, 1.807) is 48.5 Å². The molecule has 0 fully saturated rings. The van der Waals surface area contributed by atoms with E-state index in [4.69, 9.17) is 0 Å². The lowest BCUT2D eigenvalue weighted by atomic mass is 10.2. The molecule has 1 N–H and O–H groups in total. The van der Waals surface area contributed by atoms with E-state index >= 15 is 0 Å². The van der Waals surface area contributed by atoms with Crippen molar-refractivity contribution in [1.29, 1.82) is 0 Å². The molecule has 0 atom stereocenters. The van der Waals surface area contributed by atoms with Crippen molar-refractivity contribution in [3.8, 4) is 11.3 Å². The van der Waals surface area contributed by atoms with E-state index in [0.29, 0.717) is 29.5 Å². The molecule has 30 heavy (non-hydrogen) atoms. The smallest absolute Gasteiger partial charge is 0.257 e. The molecular weight excluding hydrogens is 418 g/mol. The van der Waals surface area contributed by atoms with Crippen molar-refractivity contribution < 1.29 is 13.2 Å². The van der Waals surface area contributed by atoms with Crippen molar-refractivity contribution in [2.45, 2.75) is 31.6 Å². The number of nitrogens with one attached hydrogen (secondary N) is 1. The minimum Gasteiger partial charge on any atom is -0.298 e. The molecule has 0 radical (unpaired) electrons. The van der Waals surface area contributed by atoms with Gasteiger partial charge in [0.15, 0.2) is 5.13 Å². The van der Waals surface area contributed by atoms with Crippen molar-refractivity contribution in [2.75, 3.05) is 18.4 Å². The monoisotopic (exact) mass is 443 g/mol. The summed E-state index contributed by atoms with van der Waals surface area (Å²) in [6, 6.07) is 15.7. The average molecular weight is 444 g/mol. The van der Waals surface area contributed by atoms with Gasteiger partial charge in [-0.15, -0.1) is 11.3 Å². The Labute approximate surface area is 181 Å². The highest BCUT2D eigenvalue weighted by Crippen LogP contribution is 2.27. The molecule has 1 aromatic heterocycles. The van der Waals surface area contributed by atoms with Gasteiger partial charge in [0.1, 0.15) is 0 Å². The molecule has 8 heteroatoms. The standard InChI is InChI=1S/C22H25N3O3S2/c1-3-14-25(15-4-2)30(27,28)19-12-10-17(11-13-19)20-16-29-22(23-20)24-21(26)18-8-6-5-7-9-18/h5-13,16H,3-4,14-15H2,1-2H3,(H,23,24,26). The zero-order chi connectivity index (χ0) is 21.6. The first kappa shape index (κ1) is 22.1. The first-order chi connectivity index (χ1) is 14.5. The molecule has 0 saturated carbocycles. The van der Waals surface area contributed by atoms with Crippen molar-refractivity contribution in [3.05, 3.63) is 65.5 Å². The third-order valence-corrected chi connectivity index (χ3v) is 7.17. The predicted molar refractivity (Wildman–Crippen MR) is 121 cm³/mol. The van der Waals surface area contributed by atoms with Crippen LogP contribution in [0.25, 0.3) is 11.3 Å². The van der Waals surface area contributed by atoms with E-state index in [2.05, 4.69) is 10.3 Å². The second kappa shape index (κ2) is 9.97. The topological polar surface area (TPSA) is 79.4 Å². The lowest BCUT2D eigenvalue weighted by Crippen LogP contribution is -2.32. The van der Waals surface area contributed by atoms with Gasteiger partial charge in [0.2, 0.25) is 10.0 Å². The normalized spacial score (nSPS) is 11.6. The van der Waals surface area contributed by atoms with Crippen LogP contribution in [0.1, 0.15) is 37.0 Å². The van der Waals surface area contributed by atoms with Crippen molar-refractivity contribution >= 4 is 32.4 Å². The van der Waals surface area contributed by atoms with Crippen molar-refractivity contribution in [1.82, 2.24) is 9.29 Å². The molecule has 0 bridgehead atoms. The van der Waals surface area contributed by atoms with Gasteiger partial charge in [0.25, 0.3) is 5.91 Å². The molecule has 2 aromatic carbocycles. The van der Waals surface area contributed by atoms with Crippen LogP contribution < -0.4 is 5.32 Å². The summed E-state index contributed by atoms with van der Waals surface area (Å²) in [4.78, 5) is 17.0. The van der Waals surface area contributed by atoms with Crippen molar-refractivity contribution in [2.24, 2.45) is 0 Å². The molecule has 158 valence electrons. The van der Waals surface area contributed by atoms with Crippen LogP contribution in [0.15, 0.2) is 64.9 Å². The van der Waals surface area contributed by atoms with E-state index in [1.807, 2.05) is 25.3 Å². The van der Waals surface area contributed by atoms with Crippen molar-refractivity contribution in [3.63, 3.8) is 0 Å². The Kier molecular flexibility index (Phi) is 7.36. The maximum absolute atomic E-state index is 12.9. The van der Waals surface area contributed by atoms with Gasteiger partial charge >= 0.3 is 0 Å². The molecular formula is C22H25N3O3S2. The number of rotatable bonds is 9. The van der Waals surface area contributed by atoms with Crippen LogP contribution in [0.5, 0.6) is 0 Å². The van der Waals surface area contributed by atoms with Gasteiger partial charge in [-0.1, -0.05) is 44.2 Å². The number of anilines is 1. The van der Waals surface area contributed by atoms with Crippen LogP contribution in [-0.4, -0.2) is 36.7 Å². The summed E-state index contributed by atoms with van der Waals surface area (Å²) in [6.45, 7) is 4.96. The summed E-state index contributed by atoms with van der Waals surface area (Å²) in [5, 5.41) is 5.12. The number of thiazole rings is 1. The summed E-state index contributed by atoms with van der Waals surface area (Å²) in [7, 11) is -3.51. The Balaban J connectivity index is 1.75. The first-order valence-electron chi connectivity index (χ1n) is 9.88. The summed E-state index contributed by atoms with van der Waals surface area (Å²) in [5.41, 5.74) is 2.04. The van der Waals surface area contributed by atoms with Gasteiger partial charge in [0, 0.05) is 29.6 Å². The number of sulfonamides is 1.